The average molecular weight is 255 g/mol. The van der Waals surface area contributed by atoms with E-state index in [-0.39, 0.29) is 0 Å². The number of nitrogens with two attached hydrogens (primary N) is 1. The van der Waals surface area contributed by atoms with Gasteiger partial charge in [0.1, 0.15) is 5.69 Å². The number of aromatic carboxylic acids is 1. The third kappa shape index (κ3) is 2.04. The van der Waals surface area contributed by atoms with Crippen LogP contribution in [0.1, 0.15) is 23.1 Å². The summed E-state index contributed by atoms with van der Waals surface area (Å²) in [7, 11) is 0. The van der Waals surface area contributed by atoms with E-state index in [9.17, 15) is 18.0 Å². The molecule has 0 radical (unpaired) electrons. The highest BCUT2D eigenvalue weighted by atomic mass is 35.5. The van der Waals surface area contributed by atoms with Crippen molar-refractivity contribution in [3.05, 3.63) is 22.2 Å². The van der Waals surface area contributed by atoms with Gasteiger partial charge in [0.15, 0.2) is 11.5 Å². The Labute approximate surface area is 92.8 Å². The zero-order valence-corrected chi connectivity index (χ0v) is 8.65. The molecule has 4 nitrogen and oxygen atoms in total. The summed E-state index contributed by atoms with van der Waals surface area (Å²) in [5.74, 6) is -6.82. The molecule has 0 bridgehead atoms. The maximum absolute atomic E-state index is 13.3. The van der Waals surface area contributed by atoms with Crippen LogP contribution in [0.2, 0.25) is 5.02 Å². The van der Waals surface area contributed by atoms with Gasteiger partial charge in [-0.2, -0.15) is 8.78 Å². The SMILES string of the molecule is CC(F)(F)c1nc(C(=O)O)c(Cl)c(N)c1F. The molecule has 88 valence electrons. The largest absolute Gasteiger partial charge is 0.476 e. The number of aromatic nitrogens is 1. The third-order valence-corrected chi connectivity index (χ3v) is 2.11. The highest BCUT2D eigenvalue weighted by Gasteiger charge is 2.34. The number of hydrogen-bond acceptors (Lipinski definition) is 3. The van der Waals surface area contributed by atoms with Crippen LogP contribution in [0.15, 0.2) is 0 Å². The minimum Gasteiger partial charge on any atom is -0.476 e. The molecular formula is C8H6ClF3N2O2. The lowest BCUT2D eigenvalue weighted by Crippen LogP contribution is -2.18. The molecule has 0 saturated heterocycles. The van der Waals surface area contributed by atoms with E-state index >= 15 is 0 Å². The molecule has 0 aliphatic heterocycles. The Morgan fingerprint density at radius 1 is 1.56 bits per heavy atom. The van der Waals surface area contributed by atoms with Crippen LogP contribution in [0.25, 0.3) is 0 Å². The fraction of sp³-hybridized carbons (Fsp3) is 0.250. The summed E-state index contributed by atoms with van der Waals surface area (Å²) < 4.78 is 39.0. The van der Waals surface area contributed by atoms with Crippen LogP contribution in [-0.2, 0) is 5.92 Å². The quantitative estimate of drug-likeness (QED) is 0.849. The Morgan fingerprint density at radius 2 is 2.06 bits per heavy atom. The van der Waals surface area contributed by atoms with Crippen LogP contribution in [0.4, 0.5) is 18.9 Å². The van der Waals surface area contributed by atoms with Crippen molar-refractivity contribution in [2.24, 2.45) is 0 Å². The van der Waals surface area contributed by atoms with Crippen molar-refractivity contribution in [2.45, 2.75) is 12.8 Å². The van der Waals surface area contributed by atoms with Crippen molar-refractivity contribution in [3.8, 4) is 0 Å². The molecule has 3 N–H and O–H groups in total. The van der Waals surface area contributed by atoms with Crippen LogP contribution >= 0.6 is 11.6 Å². The zero-order chi connectivity index (χ0) is 12.7. The molecule has 0 atom stereocenters. The van der Waals surface area contributed by atoms with E-state index in [0.717, 1.165) is 0 Å². The van der Waals surface area contributed by atoms with Crippen LogP contribution in [0.3, 0.4) is 0 Å². The van der Waals surface area contributed by atoms with Gasteiger partial charge in [0.2, 0.25) is 0 Å². The molecule has 0 fully saturated rings. The fourth-order valence-corrected chi connectivity index (χ4v) is 1.20. The van der Waals surface area contributed by atoms with E-state index in [0.29, 0.717) is 6.92 Å². The molecule has 0 aliphatic rings. The first-order chi connectivity index (χ1) is 7.16. The molecule has 1 heterocycles. The van der Waals surface area contributed by atoms with Crippen molar-refractivity contribution >= 4 is 23.3 Å². The predicted octanol–water partition coefficient (Wildman–Crippen LogP) is 2.27. The van der Waals surface area contributed by atoms with E-state index in [2.05, 4.69) is 4.98 Å². The number of nitrogens with zero attached hydrogens (tertiary/aromatic N) is 1. The maximum atomic E-state index is 13.3. The molecule has 0 amide bonds. The summed E-state index contributed by atoms with van der Waals surface area (Å²) in [4.78, 5) is 13.6. The number of nitrogen functional groups attached to an aromatic ring is 1. The molecule has 0 unspecified atom stereocenters. The van der Waals surface area contributed by atoms with Crippen LogP contribution < -0.4 is 5.73 Å². The highest BCUT2D eigenvalue weighted by Crippen LogP contribution is 2.34. The predicted molar refractivity (Wildman–Crippen MR) is 50.1 cm³/mol. The number of alkyl halides is 2. The van der Waals surface area contributed by atoms with Crippen LogP contribution in [0, 0.1) is 5.82 Å². The number of rotatable bonds is 2. The highest BCUT2D eigenvalue weighted by molar-refractivity contribution is 6.35. The number of pyridine rings is 1. The molecule has 8 heteroatoms. The molecular weight excluding hydrogens is 249 g/mol. The molecule has 16 heavy (non-hydrogen) atoms. The smallest absolute Gasteiger partial charge is 0.356 e. The monoisotopic (exact) mass is 254 g/mol. The van der Waals surface area contributed by atoms with Crippen LogP contribution in [-0.4, -0.2) is 16.1 Å². The van der Waals surface area contributed by atoms with E-state index < -0.39 is 39.8 Å². The van der Waals surface area contributed by atoms with Crippen molar-refractivity contribution in [1.82, 2.24) is 4.98 Å². The Hall–Kier alpha value is -1.50. The third-order valence-electron chi connectivity index (χ3n) is 1.73. The van der Waals surface area contributed by atoms with Crippen molar-refractivity contribution in [1.29, 1.82) is 0 Å². The molecule has 0 aromatic carbocycles. The Kier molecular flexibility index (Phi) is 3.00. The van der Waals surface area contributed by atoms with Crippen molar-refractivity contribution in [3.63, 3.8) is 0 Å². The Bertz CT molecular complexity index is 460. The summed E-state index contributed by atoms with van der Waals surface area (Å²) >= 11 is 5.36. The minimum absolute atomic E-state index is 0.372. The second kappa shape index (κ2) is 3.82. The average Bonchev–Trinajstić information content (AvgIpc) is 2.11. The number of carboxylic acid groups (broad SMARTS) is 1. The Balaban J connectivity index is 3.61. The number of carboxylic acids is 1. The molecule has 0 spiro atoms. The molecule has 1 rings (SSSR count). The summed E-state index contributed by atoms with van der Waals surface area (Å²) in [5, 5.41) is 7.91. The number of carbonyl (C=O) groups is 1. The van der Waals surface area contributed by atoms with Gasteiger partial charge in [-0.25, -0.2) is 14.2 Å². The van der Waals surface area contributed by atoms with Gasteiger partial charge in [0.25, 0.3) is 5.92 Å². The standard InChI is InChI=1S/C8H6ClF3N2O2/c1-8(11,12)6-3(10)4(13)2(9)5(14-6)7(15)16/h1H3,(H2,13,14)(H,15,16). The van der Waals surface area contributed by atoms with Gasteiger partial charge in [0, 0.05) is 6.92 Å². The topological polar surface area (TPSA) is 76.2 Å². The van der Waals surface area contributed by atoms with E-state index in [1.807, 2.05) is 0 Å². The fourth-order valence-electron chi connectivity index (χ4n) is 0.994. The molecule has 0 saturated carbocycles. The van der Waals surface area contributed by atoms with Gasteiger partial charge in [-0.1, -0.05) is 11.6 Å². The number of hydrogen-bond donors (Lipinski definition) is 2. The van der Waals surface area contributed by atoms with Crippen molar-refractivity contribution in [2.75, 3.05) is 5.73 Å². The first-order valence-corrected chi connectivity index (χ1v) is 4.30. The zero-order valence-electron chi connectivity index (χ0n) is 7.89. The second-order valence-electron chi connectivity index (χ2n) is 3.04. The molecule has 1 aromatic rings. The Morgan fingerprint density at radius 3 is 2.44 bits per heavy atom. The van der Waals surface area contributed by atoms with Gasteiger partial charge >= 0.3 is 5.97 Å². The van der Waals surface area contributed by atoms with Gasteiger partial charge < -0.3 is 10.8 Å². The maximum Gasteiger partial charge on any atom is 0.356 e. The van der Waals surface area contributed by atoms with Crippen molar-refractivity contribution < 1.29 is 23.1 Å². The van der Waals surface area contributed by atoms with E-state index in [1.54, 1.807) is 0 Å². The summed E-state index contributed by atoms with van der Waals surface area (Å²) in [6.07, 6.45) is 0. The minimum atomic E-state index is -3.65. The molecule has 0 aliphatic carbocycles. The normalized spacial score (nSPS) is 11.6. The first kappa shape index (κ1) is 12.6. The second-order valence-corrected chi connectivity index (χ2v) is 3.42. The summed E-state index contributed by atoms with van der Waals surface area (Å²) in [6.45, 7) is 0.372. The first-order valence-electron chi connectivity index (χ1n) is 3.92. The van der Waals surface area contributed by atoms with Gasteiger partial charge in [-0.05, 0) is 0 Å². The van der Waals surface area contributed by atoms with Crippen LogP contribution in [0.5, 0.6) is 0 Å². The lowest BCUT2D eigenvalue weighted by atomic mass is 10.2. The van der Waals surface area contributed by atoms with E-state index in [1.165, 1.54) is 0 Å². The lowest BCUT2D eigenvalue weighted by molar-refractivity contribution is 0.00867. The molecule has 1 aromatic heterocycles. The summed E-state index contributed by atoms with van der Waals surface area (Å²) in [5.41, 5.74) is 1.97. The summed E-state index contributed by atoms with van der Waals surface area (Å²) in [6, 6.07) is 0. The number of anilines is 1. The number of halogens is 4. The van der Waals surface area contributed by atoms with E-state index in [4.69, 9.17) is 22.4 Å². The van der Waals surface area contributed by atoms with Gasteiger partial charge in [-0.15, -0.1) is 0 Å². The lowest BCUT2D eigenvalue weighted by Gasteiger charge is -2.13. The van der Waals surface area contributed by atoms with Gasteiger partial charge in [0.05, 0.1) is 10.7 Å². The van der Waals surface area contributed by atoms with Gasteiger partial charge in [-0.3, -0.25) is 0 Å².